The zero-order valence-electron chi connectivity index (χ0n) is 16.2. The first kappa shape index (κ1) is 22.0. The molecule has 0 aromatic heterocycles. The zero-order chi connectivity index (χ0) is 20.9. The summed E-state index contributed by atoms with van der Waals surface area (Å²) in [4.78, 5) is 12.8. The summed E-state index contributed by atoms with van der Waals surface area (Å²) >= 11 is 6.16. The fraction of sp³-hybridized carbons (Fsp3) is 0.316. The van der Waals surface area contributed by atoms with Crippen molar-refractivity contribution in [2.75, 3.05) is 32.6 Å². The van der Waals surface area contributed by atoms with Crippen LogP contribution in [-0.4, -0.2) is 45.9 Å². The number of hydrogen-bond donors (Lipinski definition) is 1. The van der Waals surface area contributed by atoms with Crippen molar-refractivity contribution in [1.29, 1.82) is 0 Å². The summed E-state index contributed by atoms with van der Waals surface area (Å²) < 4.78 is 37.2. The molecule has 0 unspecified atom stereocenters. The number of methoxy groups -OCH3 is 2. The van der Waals surface area contributed by atoms with Crippen molar-refractivity contribution in [3.05, 3.63) is 47.0 Å². The van der Waals surface area contributed by atoms with Crippen molar-refractivity contribution >= 4 is 33.2 Å². The van der Waals surface area contributed by atoms with Gasteiger partial charge in [0, 0.05) is 19.2 Å². The molecular formula is C19H23ClN2O5S. The van der Waals surface area contributed by atoms with Gasteiger partial charge in [0.2, 0.25) is 10.0 Å². The fourth-order valence-electron chi connectivity index (χ4n) is 2.65. The van der Waals surface area contributed by atoms with Crippen LogP contribution in [0.2, 0.25) is 5.02 Å². The van der Waals surface area contributed by atoms with Gasteiger partial charge in [-0.3, -0.25) is 4.79 Å². The van der Waals surface area contributed by atoms with Crippen LogP contribution in [0.1, 0.15) is 24.2 Å². The number of ether oxygens (including phenoxy) is 2. The lowest BCUT2D eigenvalue weighted by Gasteiger charge is -2.19. The van der Waals surface area contributed by atoms with Crippen LogP contribution in [0.25, 0.3) is 0 Å². The van der Waals surface area contributed by atoms with E-state index in [2.05, 4.69) is 5.32 Å². The van der Waals surface area contributed by atoms with Crippen molar-refractivity contribution in [1.82, 2.24) is 4.31 Å². The molecule has 2 aromatic carbocycles. The van der Waals surface area contributed by atoms with E-state index in [9.17, 15) is 13.2 Å². The summed E-state index contributed by atoms with van der Waals surface area (Å²) in [5.41, 5.74) is 0.416. The van der Waals surface area contributed by atoms with E-state index >= 15 is 0 Å². The molecule has 0 saturated heterocycles. The van der Waals surface area contributed by atoms with Crippen LogP contribution in [0.15, 0.2) is 41.3 Å². The Hall–Kier alpha value is -2.29. The Morgan fingerprint density at radius 1 is 1.07 bits per heavy atom. The first-order valence-corrected chi connectivity index (χ1v) is 10.4. The van der Waals surface area contributed by atoms with Crippen LogP contribution in [0.3, 0.4) is 0 Å². The highest BCUT2D eigenvalue weighted by atomic mass is 35.5. The van der Waals surface area contributed by atoms with Crippen LogP contribution < -0.4 is 14.8 Å². The molecule has 1 N–H and O–H groups in total. The van der Waals surface area contributed by atoms with E-state index in [0.717, 1.165) is 0 Å². The normalized spacial score (nSPS) is 11.4. The van der Waals surface area contributed by atoms with Crippen LogP contribution in [-0.2, 0) is 10.0 Å². The number of carbonyl (C=O) groups excluding carboxylic acids is 1. The Labute approximate surface area is 170 Å². The monoisotopic (exact) mass is 426 g/mol. The Morgan fingerprint density at radius 2 is 1.75 bits per heavy atom. The second-order valence-corrected chi connectivity index (χ2v) is 8.10. The van der Waals surface area contributed by atoms with Gasteiger partial charge in [0.1, 0.15) is 11.5 Å². The maximum Gasteiger partial charge on any atom is 0.257 e. The predicted octanol–water partition coefficient (Wildman–Crippen LogP) is 3.64. The van der Waals surface area contributed by atoms with Crippen molar-refractivity contribution < 1.29 is 22.7 Å². The van der Waals surface area contributed by atoms with E-state index in [1.165, 1.54) is 36.7 Å². The summed E-state index contributed by atoms with van der Waals surface area (Å²) in [7, 11) is -0.741. The van der Waals surface area contributed by atoms with Crippen LogP contribution in [0.4, 0.5) is 5.69 Å². The largest absolute Gasteiger partial charge is 0.497 e. The number of halogens is 1. The van der Waals surface area contributed by atoms with Gasteiger partial charge in [-0.15, -0.1) is 0 Å². The Bertz CT molecular complexity index is 959. The molecule has 7 nitrogen and oxygen atoms in total. The lowest BCUT2D eigenvalue weighted by molar-refractivity contribution is 0.102. The van der Waals surface area contributed by atoms with Crippen LogP contribution in [0.5, 0.6) is 11.5 Å². The van der Waals surface area contributed by atoms with Gasteiger partial charge < -0.3 is 14.8 Å². The smallest absolute Gasteiger partial charge is 0.257 e. The molecule has 9 heteroatoms. The quantitative estimate of drug-likeness (QED) is 0.696. The van der Waals surface area contributed by atoms with Crippen molar-refractivity contribution in [2.24, 2.45) is 0 Å². The van der Waals surface area contributed by atoms with Gasteiger partial charge in [-0.25, -0.2) is 8.42 Å². The number of benzene rings is 2. The van der Waals surface area contributed by atoms with Gasteiger partial charge in [-0.05, 0) is 30.3 Å². The van der Waals surface area contributed by atoms with Gasteiger partial charge in [-0.1, -0.05) is 25.4 Å². The van der Waals surface area contributed by atoms with E-state index in [1.807, 2.05) is 0 Å². The Balaban J connectivity index is 2.42. The molecule has 0 atom stereocenters. The lowest BCUT2D eigenvalue weighted by atomic mass is 10.2. The summed E-state index contributed by atoms with van der Waals surface area (Å²) in [6.45, 7) is 4.15. The molecule has 0 fully saturated rings. The number of sulfonamides is 1. The van der Waals surface area contributed by atoms with Crippen LogP contribution in [0, 0.1) is 0 Å². The van der Waals surface area contributed by atoms with E-state index < -0.39 is 15.9 Å². The molecule has 0 spiro atoms. The molecule has 0 saturated carbocycles. The SMILES string of the molecule is CCN(CC)S(=O)(=O)c1ccc(Cl)c(C(=O)Nc2cc(OC)ccc2OC)c1. The predicted molar refractivity (Wildman–Crippen MR) is 109 cm³/mol. The Morgan fingerprint density at radius 3 is 2.32 bits per heavy atom. The molecule has 0 aliphatic rings. The summed E-state index contributed by atoms with van der Waals surface area (Å²) in [6, 6.07) is 9.00. The third-order valence-electron chi connectivity index (χ3n) is 4.18. The number of rotatable bonds is 8. The second kappa shape index (κ2) is 9.27. The molecule has 0 radical (unpaired) electrons. The summed E-state index contributed by atoms with van der Waals surface area (Å²) in [5, 5.41) is 2.83. The summed E-state index contributed by atoms with van der Waals surface area (Å²) in [5.74, 6) is 0.394. The number of nitrogens with one attached hydrogen (secondary N) is 1. The first-order valence-electron chi connectivity index (χ1n) is 8.61. The molecule has 2 aromatic rings. The van der Waals surface area contributed by atoms with Gasteiger partial charge >= 0.3 is 0 Å². The Kier molecular flexibility index (Phi) is 7.29. The molecule has 0 bridgehead atoms. The second-order valence-electron chi connectivity index (χ2n) is 5.75. The molecule has 1 amide bonds. The molecule has 0 aliphatic heterocycles. The third-order valence-corrected chi connectivity index (χ3v) is 6.56. The minimum absolute atomic E-state index is 0.00311. The standard InChI is InChI=1S/C19H23ClN2O5S/c1-5-22(6-2)28(24,25)14-8-9-16(20)15(12-14)19(23)21-17-11-13(26-3)7-10-18(17)27-4/h7-12H,5-6H2,1-4H3,(H,21,23). The fourth-order valence-corrected chi connectivity index (χ4v) is 4.34. The van der Waals surface area contributed by atoms with Crippen molar-refractivity contribution in [2.45, 2.75) is 18.7 Å². The molecule has 152 valence electrons. The summed E-state index contributed by atoms with van der Waals surface area (Å²) in [6.07, 6.45) is 0. The van der Waals surface area contributed by atoms with E-state index in [4.69, 9.17) is 21.1 Å². The zero-order valence-corrected chi connectivity index (χ0v) is 17.7. The molecule has 28 heavy (non-hydrogen) atoms. The van der Waals surface area contributed by atoms with Crippen molar-refractivity contribution in [3.63, 3.8) is 0 Å². The topological polar surface area (TPSA) is 84.9 Å². The van der Waals surface area contributed by atoms with E-state index in [0.29, 0.717) is 30.3 Å². The minimum atomic E-state index is -3.72. The molecule has 0 heterocycles. The number of carbonyl (C=O) groups is 1. The highest BCUT2D eigenvalue weighted by molar-refractivity contribution is 7.89. The average Bonchev–Trinajstić information content (AvgIpc) is 2.68. The maximum atomic E-state index is 12.8. The minimum Gasteiger partial charge on any atom is -0.497 e. The van der Waals surface area contributed by atoms with Gasteiger partial charge in [-0.2, -0.15) is 4.31 Å². The number of amides is 1. The van der Waals surface area contributed by atoms with Gasteiger partial charge in [0.15, 0.2) is 0 Å². The number of hydrogen-bond acceptors (Lipinski definition) is 5. The number of anilines is 1. The van der Waals surface area contributed by atoms with Crippen molar-refractivity contribution in [3.8, 4) is 11.5 Å². The average molecular weight is 427 g/mol. The molecule has 0 aliphatic carbocycles. The maximum absolute atomic E-state index is 12.8. The first-order chi connectivity index (χ1) is 13.3. The highest BCUT2D eigenvalue weighted by Gasteiger charge is 2.24. The highest BCUT2D eigenvalue weighted by Crippen LogP contribution is 2.30. The molecule has 2 rings (SSSR count). The van der Waals surface area contributed by atoms with E-state index in [-0.39, 0.29) is 15.5 Å². The lowest BCUT2D eigenvalue weighted by Crippen LogP contribution is -2.30. The van der Waals surface area contributed by atoms with Gasteiger partial charge in [0.25, 0.3) is 5.91 Å². The molecular weight excluding hydrogens is 404 g/mol. The van der Waals surface area contributed by atoms with E-state index in [1.54, 1.807) is 32.0 Å². The number of nitrogens with zero attached hydrogens (tertiary/aromatic N) is 1. The van der Waals surface area contributed by atoms with Crippen LogP contribution >= 0.6 is 11.6 Å². The van der Waals surface area contributed by atoms with Gasteiger partial charge in [0.05, 0.1) is 35.4 Å². The third kappa shape index (κ3) is 4.57.